The number of epoxide rings is 1. The topological polar surface area (TPSA) is 109 Å². The van der Waals surface area contributed by atoms with Gasteiger partial charge in [0.25, 0.3) is 0 Å². The highest BCUT2D eigenvalue weighted by Gasteiger charge is 2.67. The number of Topliss-reactive ketones (excluding diaryl/α,β-unsaturated/α-hetero) is 1. The average Bonchev–Trinajstić information content (AvgIpc) is 3.44. The summed E-state index contributed by atoms with van der Waals surface area (Å²) in [5.41, 5.74) is 0.721. The number of ketones is 1. The molecular weight excluding hydrogens is 464 g/mol. The third-order valence-electron chi connectivity index (χ3n) is 8.18. The summed E-state index contributed by atoms with van der Waals surface area (Å²) < 4.78 is 23.3. The summed E-state index contributed by atoms with van der Waals surface area (Å²) in [5, 5.41) is 0. The number of carbonyl (C=O) groups excluding carboxylic acids is 4. The van der Waals surface area contributed by atoms with Crippen LogP contribution in [0.25, 0.3) is 0 Å². The highest BCUT2D eigenvalue weighted by atomic mass is 16.6. The summed E-state index contributed by atoms with van der Waals surface area (Å²) in [7, 11) is 0. The van der Waals surface area contributed by atoms with E-state index >= 15 is 0 Å². The summed E-state index contributed by atoms with van der Waals surface area (Å²) in [6.07, 6.45) is 0.440. The van der Waals surface area contributed by atoms with Crippen molar-refractivity contribution in [1.82, 2.24) is 0 Å². The zero-order valence-corrected chi connectivity index (χ0v) is 22.5. The van der Waals surface area contributed by atoms with Gasteiger partial charge in [-0.15, -0.1) is 0 Å². The minimum atomic E-state index is -0.909. The summed E-state index contributed by atoms with van der Waals surface area (Å²) in [4.78, 5) is 50.9. The monoisotopic (exact) mass is 504 g/mol. The van der Waals surface area contributed by atoms with Gasteiger partial charge < -0.3 is 18.9 Å². The van der Waals surface area contributed by atoms with Crippen LogP contribution >= 0.6 is 0 Å². The standard InChI is InChI=1S/C28H40O8/c1-9-14(3)11-21(31)35-26-24(28(8)13-33-28)23-19(12-20(30)22(23)17(6)34-18(7)29)16(5)25(26)36-27(32)15(4)10-2/h11,15,17,19,22-26H,5,9-10,12-13H2,1-4,6-8H3. The zero-order chi connectivity index (χ0) is 26.9. The number of carbonyl (C=O) groups is 4. The first kappa shape index (κ1) is 28.1. The van der Waals surface area contributed by atoms with Gasteiger partial charge in [-0.05, 0) is 51.0 Å². The molecule has 0 amide bonds. The normalized spacial score (nSPS) is 35.5. The lowest BCUT2D eigenvalue weighted by molar-refractivity contribution is -0.182. The van der Waals surface area contributed by atoms with Crippen molar-refractivity contribution in [3.8, 4) is 0 Å². The Labute approximate surface area is 213 Å². The van der Waals surface area contributed by atoms with Crippen LogP contribution in [0.5, 0.6) is 0 Å². The Kier molecular flexibility index (Phi) is 8.48. The van der Waals surface area contributed by atoms with E-state index in [2.05, 4.69) is 6.58 Å². The summed E-state index contributed by atoms with van der Waals surface area (Å²) in [6, 6.07) is 0. The molecule has 1 aliphatic heterocycles. The minimum Gasteiger partial charge on any atom is -0.462 e. The first-order valence-electron chi connectivity index (χ1n) is 12.9. The van der Waals surface area contributed by atoms with Crippen LogP contribution in [0.2, 0.25) is 0 Å². The van der Waals surface area contributed by atoms with Gasteiger partial charge >= 0.3 is 17.9 Å². The van der Waals surface area contributed by atoms with E-state index in [0.717, 1.165) is 5.57 Å². The molecule has 3 rings (SSSR count). The molecule has 1 heterocycles. The van der Waals surface area contributed by atoms with E-state index in [0.29, 0.717) is 25.0 Å². The van der Waals surface area contributed by atoms with Gasteiger partial charge in [-0.3, -0.25) is 14.4 Å². The van der Waals surface area contributed by atoms with E-state index in [-0.39, 0.29) is 30.0 Å². The van der Waals surface area contributed by atoms with Gasteiger partial charge in [-0.2, -0.15) is 0 Å². The van der Waals surface area contributed by atoms with E-state index in [1.165, 1.54) is 13.0 Å². The second-order valence-electron chi connectivity index (χ2n) is 10.8. The fraction of sp³-hybridized carbons (Fsp3) is 0.714. The van der Waals surface area contributed by atoms with Crippen molar-refractivity contribution in [1.29, 1.82) is 0 Å². The Bertz CT molecular complexity index is 945. The van der Waals surface area contributed by atoms with Gasteiger partial charge in [0, 0.05) is 25.3 Å². The largest absolute Gasteiger partial charge is 0.462 e. The molecule has 0 aromatic carbocycles. The van der Waals surface area contributed by atoms with Crippen LogP contribution < -0.4 is 0 Å². The number of allylic oxidation sites excluding steroid dienone is 1. The maximum Gasteiger partial charge on any atom is 0.331 e. The van der Waals surface area contributed by atoms with Crippen LogP contribution in [0.3, 0.4) is 0 Å². The lowest BCUT2D eigenvalue weighted by atomic mass is 9.61. The Morgan fingerprint density at radius 2 is 1.83 bits per heavy atom. The molecule has 9 atom stereocenters. The number of hydrogen-bond donors (Lipinski definition) is 0. The van der Waals surface area contributed by atoms with Crippen LogP contribution in [-0.2, 0) is 38.1 Å². The smallest absolute Gasteiger partial charge is 0.331 e. The number of fused-ring (bicyclic) bond motifs is 1. The number of esters is 3. The molecule has 3 aliphatic rings. The molecule has 0 spiro atoms. The number of rotatable bonds is 9. The molecule has 0 bridgehead atoms. The minimum absolute atomic E-state index is 0.0464. The fourth-order valence-electron chi connectivity index (χ4n) is 5.76. The first-order valence-corrected chi connectivity index (χ1v) is 12.9. The molecule has 9 unspecified atom stereocenters. The summed E-state index contributed by atoms with van der Waals surface area (Å²) in [6.45, 7) is 17.1. The maximum absolute atomic E-state index is 13.3. The van der Waals surface area contributed by atoms with E-state index in [1.807, 2.05) is 27.7 Å². The Morgan fingerprint density at radius 3 is 2.36 bits per heavy atom. The highest BCUT2D eigenvalue weighted by Crippen LogP contribution is 2.58. The van der Waals surface area contributed by atoms with Gasteiger partial charge in [0.1, 0.15) is 18.0 Å². The van der Waals surface area contributed by atoms with Gasteiger partial charge in [-0.25, -0.2) is 4.79 Å². The quantitative estimate of drug-likeness (QED) is 0.153. The third-order valence-corrected chi connectivity index (χ3v) is 8.18. The van der Waals surface area contributed by atoms with Crippen LogP contribution in [0.1, 0.15) is 67.7 Å². The van der Waals surface area contributed by atoms with Gasteiger partial charge in [0.2, 0.25) is 0 Å². The van der Waals surface area contributed by atoms with Crippen molar-refractivity contribution in [3.63, 3.8) is 0 Å². The Hall–Kier alpha value is -2.48. The summed E-state index contributed by atoms with van der Waals surface area (Å²) >= 11 is 0. The highest BCUT2D eigenvalue weighted by molar-refractivity contribution is 5.86. The lowest BCUT2D eigenvalue weighted by Gasteiger charge is -2.48. The Balaban J connectivity index is 2.08. The van der Waals surface area contributed by atoms with Crippen molar-refractivity contribution in [2.24, 2.45) is 29.6 Å². The van der Waals surface area contributed by atoms with Crippen molar-refractivity contribution in [2.75, 3.05) is 6.61 Å². The molecule has 8 nitrogen and oxygen atoms in total. The summed E-state index contributed by atoms with van der Waals surface area (Å²) in [5.74, 6) is -3.54. The zero-order valence-electron chi connectivity index (χ0n) is 22.5. The maximum atomic E-state index is 13.3. The van der Waals surface area contributed by atoms with E-state index in [9.17, 15) is 19.2 Å². The SMILES string of the molecule is C=C1C2CC(=O)C(C(C)OC(C)=O)C2C(C2(C)CO2)C(OC(=O)C=C(C)CC)C1OC(=O)C(C)CC. The van der Waals surface area contributed by atoms with Gasteiger partial charge in [0.15, 0.2) is 6.10 Å². The van der Waals surface area contributed by atoms with Crippen LogP contribution in [0.4, 0.5) is 0 Å². The average molecular weight is 505 g/mol. The lowest BCUT2D eigenvalue weighted by Crippen LogP contribution is -2.57. The van der Waals surface area contributed by atoms with Crippen LogP contribution in [-0.4, -0.2) is 54.2 Å². The molecule has 0 radical (unpaired) electrons. The first-order chi connectivity index (χ1) is 16.8. The molecule has 0 aromatic rings. The van der Waals surface area contributed by atoms with Crippen LogP contribution in [0.15, 0.2) is 23.8 Å². The third kappa shape index (κ3) is 5.58. The predicted octanol–water partition coefficient (Wildman–Crippen LogP) is 3.96. The molecular formula is C28H40O8. The second-order valence-corrected chi connectivity index (χ2v) is 10.8. The second kappa shape index (κ2) is 10.9. The van der Waals surface area contributed by atoms with E-state index < -0.39 is 53.7 Å². The molecule has 200 valence electrons. The molecule has 1 saturated heterocycles. The molecule has 0 N–H and O–H groups in total. The molecule has 8 heteroatoms. The predicted molar refractivity (Wildman–Crippen MR) is 132 cm³/mol. The number of ether oxygens (including phenoxy) is 4. The van der Waals surface area contributed by atoms with Crippen molar-refractivity contribution < 1.29 is 38.1 Å². The van der Waals surface area contributed by atoms with Crippen molar-refractivity contribution in [3.05, 3.63) is 23.8 Å². The molecule has 2 aliphatic carbocycles. The van der Waals surface area contributed by atoms with Crippen molar-refractivity contribution >= 4 is 23.7 Å². The van der Waals surface area contributed by atoms with Gasteiger partial charge in [0.05, 0.1) is 24.0 Å². The molecule has 3 fully saturated rings. The molecule has 36 heavy (non-hydrogen) atoms. The molecule has 2 saturated carbocycles. The van der Waals surface area contributed by atoms with E-state index in [1.54, 1.807) is 13.8 Å². The van der Waals surface area contributed by atoms with E-state index in [4.69, 9.17) is 18.9 Å². The van der Waals surface area contributed by atoms with Crippen molar-refractivity contribution in [2.45, 2.75) is 91.6 Å². The van der Waals surface area contributed by atoms with Gasteiger partial charge in [-0.1, -0.05) is 32.9 Å². The molecule has 0 aromatic heterocycles. The van der Waals surface area contributed by atoms with Crippen LogP contribution in [0, 0.1) is 29.6 Å². The Morgan fingerprint density at radius 1 is 1.19 bits per heavy atom. The fourth-order valence-corrected chi connectivity index (χ4v) is 5.76. The number of hydrogen-bond acceptors (Lipinski definition) is 8.